The molecule has 11 rings (SSSR count). The molecule has 1 aliphatic carbocycles. The van der Waals surface area contributed by atoms with Gasteiger partial charge in [-0.05, 0) is 104 Å². The minimum Gasteiger partial charge on any atom is -0.228 e. The maximum Gasteiger partial charge on any atom is 0.160 e. The molecule has 0 radical (unpaired) electrons. The van der Waals surface area contributed by atoms with Gasteiger partial charge in [-0.2, -0.15) is 5.26 Å². The van der Waals surface area contributed by atoms with E-state index in [9.17, 15) is 5.26 Å². The Morgan fingerprint density at radius 3 is 1.41 bits per heavy atom. The third kappa shape index (κ3) is 5.44. The molecule has 0 amide bonds. The zero-order valence-corrected chi connectivity index (χ0v) is 32.1. The quantitative estimate of drug-likeness (QED) is 0.175. The lowest BCUT2D eigenvalue weighted by atomic mass is 9.67. The average molecular weight is 756 g/mol. The van der Waals surface area contributed by atoms with E-state index in [4.69, 9.17) is 9.97 Å². The number of benzene rings is 8. The van der Waals surface area contributed by atoms with Crippen LogP contribution in [0.2, 0.25) is 0 Å². The van der Waals surface area contributed by atoms with Crippen LogP contribution in [0.1, 0.15) is 27.8 Å². The Labute approximate surface area is 342 Å². The lowest BCUT2D eigenvalue weighted by Crippen LogP contribution is -2.31. The second-order valence-electron chi connectivity index (χ2n) is 14.8. The Kier molecular flexibility index (Phi) is 8.03. The molecule has 1 aromatic heterocycles. The van der Waals surface area contributed by atoms with Gasteiger partial charge in [0.1, 0.15) is 0 Å². The van der Waals surface area contributed by atoms with Gasteiger partial charge in [0.15, 0.2) is 5.82 Å². The number of nitrogens with zero attached hydrogens (tertiary/aromatic N) is 3. The lowest BCUT2D eigenvalue weighted by Gasteiger charge is -2.39. The molecule has 3 nitrogen and oxygen atoms in total. The smallest absolute Gasteiger partial charge is 0.160 e. The number of nitriles is 1. The van der Waals surface area contributed by atoms with Gasteiger partial charge in [-0.1, -0.05) is 163 Å². The van der Waals surface area contributed by atoms with Crippen molar-refractivity contribution in [1.29, 1.82) is 5.26 Å². The molecule has 1 spiro atoms. The van der Waals surface area contributed by atoms with Crippen molar-refractivity contribution in [3.8, 4) is 73.4 Å². The topological polar surface area (TPSA) is 49.6 Å². The third-order valence-corrected chi connectivity index (χ3v) is 12.8. The molecule has 0 unspecified atom stereocenters. The summed E-state index contributed by atoms with van der Waals surface area (Å²) in [4.78, 5) is 12.8. The van der Waals surface area contributed by atoms with Crippen LogP contribution in [0.3, 0.4) is 0 Å². The largest absolute Gasteiger partial charge is 0.228 e. The van der Waals surface area contributed by atoms with Crippen molar-refractivity contribution in [3.05, 3.63) is 228 Å². The average Bonchev–Trinajstić information content (AvgIpc) is 3.59. The van der Waals surface area contributed by atoms with E-state index in [-0.39, 0.29) is 0 Å². The summed E-state index contributed by atoms with van der Waals surface area (Å²) in [6.07, 6.45) is 0. The third-order valence-electron chi connectivity index (χ3n) is 11.6. The van der Waals surface area contributed by atoms with Gasteiger partial charge in [0.2, 0.25) is 0 Å². The fraction of sp³-hybridized carbons (Fsp3) is 0.0185. The van der Waals surface area contributed by atoms with E-state index in [1.54, 1.807) is 0 Å². The number of hydrogen-bond acceptors (Lipinski definition) is 4. The molecule has 1 aliphatic heterocycles. The van der Waals surface area contributed by atoms with E-state index in [1.165, 1.54) is 43.2 Å². The Balaban J connectivity index is 1.10. The van der Waals surface area contributed by atoms with Crippen molar-refractivity contribution in [3.63, 3.8) is 0 Å². The van der Waals surface area contributed by atoms with Gasteiger partial charge >= 0.3 is 0 Å². The first-order valence-electron chi connectivity index (χ1n) is 19.4. The second-order valence-corrected chi connectivity index (χ2v) is 15.9. The highest BCUT2D eigenvalue weighted by Gasteiger charge is 2.50. The van der Waals surface area contributed by atoms with Crippen molar-refractivity contribution in [2.24, 2.45) is 0 Å². The molecule has 0 saturated heterocycles. The molecular formula is C54H33N3S. The van der Waals surface area contributed by atoms with E-state index in [0.29, 0.717) is 11.4 Å². The van der Waals surface area contributed by atoms with Gasteiger partial charge in [0.05, 0.1) is 28.4 Å². The van der Waals surface area contributed by atoms with Gasteiger partial charge in [-0.25, -0.2) is 9.97 Å². The van der Waals surface area contributed by atoms with Crippen LogP contribution in [0.25, 0.3) is 67.3 Å². The van der Waals surface area contributed by atoms with Gasteiger partial charge in [-0.15, -0.1) is 0 Å². The minimum atomic E-state index is -0.480. The molecule has 0 fully saturated rings. The Bertz CT molecular complexity index is 2990. The minimum absolute atomic E-state index is 0.480. The second kappa shape index (κ2) is 13.7. The standard InChI is InChI=1S/C54H33N3S/c55-34-35-22-24-36(25-23-35)40-26-28-45-43(31-40)44-32-41(27-29-46(44)54(45)47-18-7-9-20-51(47)58-52-21-10-8-19-48(52)54)39-16-11-17-42(30-39)53-56-49(37-12-3-1-4-13-37)33-50(57-53)38-14-5-2-6-15-38/h1-33H. The molecule has 9 aromatic rings. The van der Waals surface area contributed by atoms with Crippen molar-refractivity contribution >= 4 is 11.8 Å². The fourth-order valence-electron chi connectivity index (χ4n) is 8.93. The van der Waals surface area contributed by atoms with E-state index >= 15 is 0 Å². The van der Waals surface area contributed by atoms with Crippen molar-refractivity contribution in [1.82, 2.24) is 9.97 Å². The van der Waals surface area contributed by atoms with Crippen LogP contribution < -0.4 is 0 Å². The van der Waals surface area contributed by atoms with Crippen LogP contribution in [0.15, 0.2) is 210 Å². The van der Waals surface area contributed by atoms with Crippen molar-refractivity contribution in [2.45, 2.75) is 15.2 Å². The molecule has 58 heavy (non-hydrogen) atoms. The first kappa shape index (κ1) is 34.0. The fourth-order valence-corrected chi connectivity index (χ4v) is 10.1. The SMILES string of the molecule is N#Cc1ccc(-c2ccc3c(c2)-c2cc(-c4cccc(-c5nc(-c6ccccc6)cc(-c6ccccc6)n5)c4)ccc2C32c3ccccc3Sc3ccccc32)cc1. The van der Waals surface area contributed by atoms with Crippen molar-refractivity contribution < 1.29 is 0 Å². The zero-order chi connectivity index (χ0) is 38.6. The predicted molar refractivity (Wildman–Crippen MR) is 235 cm³/mol. The Hall–Kier alpha value is -7.32. The zero-order valence-electron chi connectivity index (χ0n) is 31.3. The van der Waals surface area contributed by atoms with Crippen molar-refractivity contribution in [2.75, 3.05) is 0 Å². The number of rotatable bonds is 5. The maximum atomic E-state index is 9.50. The summed E-state index contributed by atoms with van der Waals surface area (Å²) in [7, 11) is 0. The number of hydrogen-bond donors (Lipinski definition) is 0. The summed E-state index contributed by atoms with van der Waals surface area (Å²) in [5.74, 6) is 0.687. The van der Waals surface area contributed by atoms with E-state index < -0.39 is 5.41 Å². The Morgan fingerprint density at radius 2 is 0.845 bits per heavy atom. The number of aromatic nitrogens is 2. The van der Waals surface area contributed by atoms with Crippen LogP contribution in [0, 0.1) is 11.3 Å². The summed E-state index contributed by atoms with van der Waals surface area (Å²) in [6, 6.07) is 73.3. The van der Waals surface area contributed by atoms with Gasteiger partial charge in [-0.3, -0.25) is 0 Å². The van der Waals surface area contributed by atoms with Gasteiger partial charge < -0.3 is 0 Å². The summed E-state index contributed by atoms with van der Waals surface area (Å²) >= 11 is 1.86. The van der Waals surface area contributed by atoms with E-state index in [1.807, 2.05) is 72.4 Å². The van der Waals surface area contributed by atoms with Crippen LogP contribution in [-0.2, 0) is 5.41 Å². The number of fused-ring (bicyclic) bond motifs is 9. The summed E-state index contributed by atoms with van der Waals surface area (Å²) < 4.78 is 0. The maximum absolute atomic E-state index is 9.50. The lowest BCUT2D eigenvalue weighted by molar-refractivity contribution is 0.722. The molecule has 270 valence electrons. The Morgan fingerprint density at radius 1 is 0.379 bits per heavy atom. The van der Waals surface area contributed by atoms with E-state index in [0.717, 1.165) is 50.3 Å². The first-order chi connectivity index (χ1) is 28.7. The molecule has 0 bridgehead atoms. The van der Waals surface area contributed by atoms with Gasteiger partial charge in [0, 0.05) is 26.5 Å². The predicted octanol–water partition coefficient (Wildman–Crippen LogP) is 13.5. The highest BCUT2D eigenvalue weighted by molar-refractivity contribution is 7.99. The molecule has 0 saturated carbocycles. The summed E-state index contributed by atoms with van der Waals surface area (Å²) in [5.41, 5.74) is 17.1. The molecule has 2 aliphatic rings. The molecular weight excluding hydrogens is 723 g/mol. The van der Waals surface area contributed by atoms with E-state index in [2.05, 4.69) is 146 Å². The van der Waals surface area contributed by atoms with Crippen LogP contribution in [-0.4, -0.2) is 9.97 Å². The molecule has 4 heteroatoms. The normalized spacial score (nSPS) is 12.9. The van der Waals surface area contributed by atoms with Crippen LogP contribution >= 0.6 is 11.8 Å². The highest BCUT2D eigenvalue weighted by Crippen LogP contribution is 2.62. The molecule has 0 atom stereocenters. The van der Waals surface area contributed by atoms with Gasteiger partial charge in [0.25, 0.3) is 0 Å². The van der Waals surface area contributed by atoms with Crippen LogP contribution in [0.5, 0.6) is 0 Å². The highest BCUT2D eigenvalue weighted by atomic mass is 32.2. The molecule has 0 N–H and O–H groups in total. The summed E-state index contributed by atoms with van der Waals surface area (Å²) in [5, 5.41) is 9.50. The monoisotopic (exact) mass is 755 g/mol. The summed E-state index contributed by atoms with van der Waals surface area (Å²) in [6.45, 7) is 0. The first-order valence-corrected chi connectivity index (χ1v) is 20.3. The van der Waals surface area contributed by atoms with Crippen LogP contribution in [0.4, 0.5) is 0 Å². The molecule has 8 aromatic carbocycles. The molecule has 2 heterocycles.